The maximum absolute atomic E-state index is 10.6. The van der Waals surface area contributed by atoms with Crippen molar-refractivity contribution in [2.45, 2.75) is 85.2 Å². The van der Waals surface area contributed by atoms with Gasteiger partial charge in [-0.15, -0.1) is 0 Å². The Hall–Kier alpha value is -1.65. The van der Waals surface area contributed by atoms with E-state index in [9.17, 15) is 9.90 Å². The summed E-state index contributed by atoms with van der Waals surface area (Å²) >= 11 is 0. The molecule has 0 aromatic heterocycles. The van der Waals surface area contributed by atoms with Crippen LogP contribution in [0, 0.1) is 11.3 Å². The molecule has 0 spiro atoms. The van der Waals surface area contributed by atoms with Gasteiger partial charge in [-0.3, -0.25) is 0 Å². The minimum Gasteiger partial charge on any atom is -0.480 e. The van der Waals surface area contributed by atoms with Crippen molar-refractivity contribution < 1.29 is 19.7 Å². The molecule has 2 unspecified atom stereocenters. The second-order valence-corrected chi connectivity index (χ2v) is 9.12. The molecule has 0 bridgehead atoms. The molecule has 170 valence electrons. The smallest absolute Gasteiger partial charge is 0.329 e. The van der Waals surface area contributed by atoms with E-state index >= 15 is 0 Å². The van der Waals surface area contributed by atoms with E-state index in [2.05, 4.69) is 39.8 Å². The quantitative estimate of drug-likeness (QED) is 0.211. The van der Waals surface area contributed by atoms with Crippen LogP contribution in [0.25, 0.3) is 0 Å². The Morgan fingerprint density at radius 3 is 2.67 bits per heavy atom. The summed E-state index contributed by atoms with van der Waals surface area (Å²) in [6.07, 6.45) is 20.6. The van der Waals surface area contributed by atoms with Crippen LogP contribution in [0.3, 0.4) is 0 Å². The van der Waals surface area contributed by atoms with Crippen molar-refractivity contribution in [1.82, 2.24) is 0 Å². The number of rotatable bonds is 13. The van der Waals surface area contributed by atoms with Crippen LogP contribution in [-0.4, -0.2) is 35.5 Å². The van der Waals surface area contributed by atoms with Crippen LogP contribution in [0.5, 0.6) is 0 Å². The fraction of sp³-hybridized carbons (Fsp3) is 0.654. The topological polar surface area (TPSA) is 66.8 Å². The summed E-state index contributed by atoms with van der Waals surface area (Å²) in [4.78, 5) is 10.6. The third-order valence-electron chi connectivity index (χ3n) is 5.87. The zero-order valence-corrected chi connectivity index (χ0v) is 19.4. The van der Waals surface area contributed by atoms with Gasteiger partial charge in [0.25, 0.3) is 0 Å². The number of ether oxygens (including phenoxy) is 1. The van der Waals surface area contributed by atoms with Crippen molar-refractivity contribution in [3.05, 3.63) is 47.6 Å². The fourth-order valence-electron chi connectivity index (χ4n) is 3.90. The first-order valence-corrected chi connectivity index (χ1v) is 11.4. The maximum atomic E-state index is 10.6. The Labute approximate surface area is 183 Å². The van der Waals surface area contributed by atoms with Crippen LogP contribution < -0.4 is 0 Å². The van der Waals surface area contributed by atoms with Gasteiger partial charge in [0, 0.05) is 5.41 Å². The molecule has 0 amide bonds. The summed E-state index contributed by atoms with van der Waals surface area (Å²) in [6, 6.07) is 0. The highest BCUT2D eigenvalue weighted by Gasteiger charge is 2.28. The minimum absolute atomic E-state index is 0.0282. The molecule has 1 aliphatic rings. The lowest BCUT2D eigenvalue weighted by Gasteiger charge is -2.34. The standard InChI is InChI=1S/C26H42O4/c1-21(2)10-9-11-22(3)14-15-24(27)13-6-8-18-26(4)17-7-5-12-23(26)16-19-30-20-25(28)29/h6,8,10,13,16,18,22,24,27H,5,7,9,11-12,14-15,17,19-20H2,1-4H3,(H,28,29)/b13-6+,18-8+,23-16+/t22?,24?,26-/m0/s1. The van der Waals surface area contributed by atoms with Crippen LogP contribution in [0.2, 0.25) is 0 Å². The lowest BCUT2D eigenvalue weighted by molar-refractivity contribution is -0.141. The summed E-state index contributed by atoms with van der Waals surface area (Å²) in [7, 11) is 0. The number of allylic oxidation sites excluding steroid dienone is 6. The molecule has 1 aliphatic carbocycles. The number of aliphatic hydroxyl groups is 1. The van der Waals surface area contributed by atoms with Crippen LogP contribution in [-0.2, 0) is 9.53 Å². The van der Waals surface area contributed by atoms with Crippen molar-refractivity contribution in [1.29, 1.82) is 0 Å². The lowest BCUT2D eigenvalue weighted by Crippen LogP contribution is -2.21. The third-order valence-corrected chi connectivity index (χ3v) is 5.87. The van der Waals surface area contributed by atoms with Crippen molar-refractivity contribution in [2.75, 3.05) is 13.2 Å². The van der Waals surface area contributed by atoms with E-state index in [1.807, 2.05) is 24.3 Å². The molecular formula is C26H42O4. The molecule has 1 rings (SSSR count). The van der Waals surface area contributed by atoms with Crippen LogP contribution in [0.15, 0.2) is 47.6 Å². The second kappa shape index (κ2) is 14.4. The number of hydrogen-bond donors (Lipinski definition) is 2. The Morgan fingerprint density at radius 1 is 1.20 bits per heavy atom. The molecule has 3 atom stereocenters. The minimum atomic E-state index is -0.939. The molecule has 0 heterocycles. The van der Waals surface area contributed by atoms with Gasteiger partial charge < -0.3 is 14.9 Å². The average Bonchev–Trinajstić information content (AvgIpc) is 2.68. The molecule has 2 N–H and O–H groups in total. The van der Waals surface area contributed by atoms with Crippen molar-refractivity contribution in [3.63, 3.8) is 0 Å². The first kappa shape index (κ1) is 26.4. The lowest BCUT2D eigenvalue weighted by atomic mass is 9.71. The molecule has 0 aromatic carbocycles. The summed E-state index contributed by atoms with van der Waals surface area (Å²) in [5, 5.41) is 18.9. The molecule has 30 heavy (non-hydrogen) atoms. The van der Waals surface area contributed by atoms with Crippen molar-refractivity contribution >= 4 is 5.97 Å². The zero-order chi connectivity index (χ0) is 22.4. The van der Waals surface area contributed by atoms with Crippen LogP contribution in [0.4, 0.5) is 0 Å². The Balaban J connectivity index is 2.47. The van der Waals surface area contributed by atoms with E-state index in [0.29, 0.717) is 12.5 Å². The number of carboxylic acid groups (broad SMARTS) is 1. The first-order valence-electron chi connectivity index (χ1n) is 11.4. The molecule has 0 radical (unpaired) electrons. The van der Waals surface area contributed by atoms with Gasteiger partial charge in [-0.1, -0.05) is 67.9 Å². The molecular weight excluding hydrogens is 376 g/mol. The predicted molar refractivity (Wildman–Crippen MR) is 124 cm³/mol. The van der Waals surface area contributed by atoms with Crippen molar-refractivity contribution in [2.24, 2.45) is 11.3 Å². The van der Waals surface area contributed by atoms with E-state index in [1.54, 1.807) is 0 Å². The van der Waals surface area contributed by atoms with E-state index in [-0.39, 0.29) is 12.0 Å². The van der Waals surface area contributed by atoms with Crippen LogP contribution in [0.1, 0.15) is 79.1 Å². The van der Waals surface area contributed by atoms with Crippen molar-refractivity contribution in [3.8, 4) is 0 Å². The highest BCUT2D eigenvalue weighted by molar-refractivity contribution is 5.68. The molecule has 4 nitrogen and oxygen atoms in total. The number of carboxylic acids is 1. The van der Waals surface area contributed by atoms with Gasteiger partial charge in [-0.05, 0) is 64.7 Å². The van der Waals surface area contributed by atoms with E-state index in [0.717, 1.165) is 38.5 Å². The molecule has 1 fully saturated rings. The summed E-state index contributed by atoms with van der Waals surface area (Å²) in [6.45, 7) is 8.83. The highest BCUT2D eigenvalue weighted by atomic mass is 16.5. The second-order valence-electron chi connectivity index (χ2n) is 9.12. The SMILES string of the molecule is CC(C)=CCCC(C)CCC(O)/C=C/C=C/[C@]1(C)CCCC/C1=C\COCC(=O)O. The maximum Gasteiger partial charge on any atom is 0.329 e. The number of aliphatic carboxylic acids is 1. The number of hydrogen-bond acceptors (Lipinski definition) is 3. The van der Waals surface area contributed by atoms with Crippen LogP contribution >= 0.6 is 0 Å². The van der Waals surface area contributed by atoms with Gasteiger partial charge in [0.1, 0.15) is 6.61 Å². The van der Waals surface area contributed by atoms with E-state index in [4.69, 9.17) is 9.84 Å². The Kier molecular flexibility index (Phi) is 12.6. The average molecular weight is 419 g/mol. The number of aliphatic hydroxyl groups excluding tert-OH is 1. The largest absolute Gasteiger partial charge is 0.480 e. The summed E-state index contributed by atoms with van der Waals surface area (Å²) in [5.74, 6) is -0.318. The molecule has 0 saturated heterocycles. The molecule has 1 saturated carbocycles. The molecule has 4 heteroatoms. The monoisotopic (exact) mass is 418 g/mol. The van der Waals surface area contributed by atoms with Gasteiger partial charge in [-0.25, -0.2) is 4.79 Å². The molecule has 0 aromatic rings. The fourth-order valence-corrected chi connectivity index (χ4v) is 3.90. The van der Waals surface area contributed by atoms with E-state index in [1.165, 1.54) is 24.0 Å². The number of carbonyl (C=O) groups is 1. The summed E-state index contributed by atoms with van der Waals surface area (Å²) < 4.78 is 5.18. The summed E-state index contributed by atoms with van der Waals surface area (Å²) in [5.41, 5.74) is 2.66. The normalized spacial score (nSPS) is 23.2. The van der Waals surface area contributed by atoms with Gasteiger partial charge in [0.15, 0.2) is 0 Å². The first-order chi connectivity index (χ1) is 14.2. The van der Waals surface area contributed by atoms with Gasteiger partial charge in [0.2, 0.25) is 0 Å². The Morgan fingerprint density at radius 2 is 1.97 bits per heavy atom. The third kappa shape index (κ3) is 11.5. The van der Waals surface area contributed by atoms with Gasteiger partial charge >= 0.3 is 5.97 Å². The predicted octanol–water partition coefficient (Wildman–Crippen LogP) is 6.23. The van der Waals surface area contributed by atoms with E-state index < -0.39 is 12.1 Å². The van der Waals surface area contributed by atoms with Gasteiger partial charge in [0.05, 0.1) is 12.7 Å². The zero-order valence-electron chi connectivity index (χ0n) is 19.4. The Bertz CT molecular complexity index is 625. The van der Waals surface area contributed by atoms with Gasteiger partial charge in [-0.2, -0.15) is 0 Å². The highest BCUT2D eigenvalue weighted by Crippen LogP contribution is 2.41. The molecule has 0 aliphatic heterocycles.